The second-order valence-electron chi connectivity index (χ2n) is 9.69. The lowest BCUT2D eigenvalue weighted by Crippen LogP contribution is -2.61. The highest BCUT2D eigenvalue weighted by Crippen LogP contribution is 2.31. The Morgan fingerprint density at radius 3 is 1.23 bits per heavy atom. The highest BCUT2D eigenvalue weighted by atomic mass is 16.7. The van der Waals surface area contributed by atoms with Crippen molar-refractivity contribution < 1.29 is 28.5 Å². The predicted molar refractivity (Wildman–Crippen MR) is 151 cm³/mol. The maximum atomic E-state index is 12.4. The predicted octanol–water partition coefficient (Wildman–Crippen LogP) is 5.88. The van der Waals surface area contributed by atoms with Gasteiger partial charge in [-0.25, -0.2) is 0 Å². The van der Waals surface area contributed by atoms with Crippen molar-refractivity contribution in [3.8, 4) is 0 Å². The topological polar surface area (TPSA) is 63.2 Å². The van der Waals surface area contributed by atoms with Crippen LogP contribution >= 0.6 is 0 Å². The third-order valence-electron chi connectivity index (χ3n) is 6.78. The van der Waals surface area contributed by atoms with Gasteiger partial charge in [-0.1, -0.05) is 121 Å². The van der Waals surface area contributed by atoms with Gasteiger partial charge in [0.2, 0.25) is 0 Å². The Morgan fingerprint density at radius 2 is 0.825 bits per heavy atom. The maximum absolute atomic E-state index is 12.4. The van der Waals surface area contributed by atoms with E-state index in [9.17, 15) is 4.79 Å². The fourth-order valence-electron chi connectivity index (χ4n) is 4.69. The number of rotatable bonds is 13. The molecule has 1 fully saturated rings. The van der Waals surface area contributed by atoms with Crippen LogP contribution in [0, 0.1) is 0 Å². The summed E-state index contributed by atoms with van der Waals surface area (Å²) in [5.41, 5.74) is 3.98. The molecule has 1 saturated heterocycles. The fraction of sp³-hybridized carbons (Fsp3) is 0.265. The number of carbonyl (C=O) groups is 1. The SMILES string of the molecule is O=C[C@H]1OC(OCc2ccccc2)[C@@H](OCc2ccccc2)[C@@H](OCc2ccccc2)[C@@H]1OCc1ccccc1. The molecule has 0 bridgehead atoms. The molecule has 6 heteroatoms. The molecule has 6 nitrogen and oxygen atoms in total. The average molecular weight is 539 g/mol. The monoisotopic (exact) mass is 538 g/mol. The van der Waals surface area contributed by atoms with E-state index in [0.29, 0.717) is 26.4 Å². The smallest absolute Gasteiger partial charge is 0.187 e. The van der Waals surface area contributed by atoms with Crippen LogP contribution in [0.2, 0.25) is 0 Å². The molecule has 1 unspecified atom stereocenters. The van der Waals surface area contributed by atoms with Crippen molar-refractivity contribution in [3.05, 3.63) is 144 Å². The maximum Gasteiger partial charge on any atom is 0.187 e. The molecular formula is C34H34O6. The van der Waals surface area contributed by atoms with Crippen molar-refractivity contribution in [2.75, 3.05) is 0 Å². The molecule has 0 spiro atoms. The van der Waals surface area contributed by atoms with E-state index in [-0.39, 0.29) is 0 Å². The van der Waals surface area contributed by atoms with E-state index in [2.05, 4.69) is 0 Å². The Morgan fingerprint density at radius 1 is 0.475 bits per heavy atom. The Labute approximate surface area is 235 Å². The highest BCUT2D eigenvalue weighted by Gasteiger charge is 2.49. The van der Waals surface area contributed by atoms with Crippen LogP contribution in [0.15, 0.2) is 121 Å². The van der Waals surface area contributed by atoms with Gasteiger partial charge in [0.1, 0.15) is 24.4 Å². The molecule has 0 amide bonds. The van der Waals surface area contributed by atoms with Gasteiger partial charge in [-0.15, -0.1) is 0 Å². The van der Waals surface area contributed by atoms with Gasteiger partial charge in [0, 0.05) is 0 Å². The van der Waals surface area contributed by atoms with E-state index < -0.39 is 30.7 Å². The van der Waals surface area contributed by atoms with Gasteiger partial charge in [0.25, 0.3) is 0 Å². The van der Waals surface area contributed by atoms with Crippen LogP contribution < -0.4 is 0 Å². The van der Waals surface area contributed by atoms with Gasteiger partial charge in [0.15, 0.2) is 12.6 Å². The number of carbonyl (C=O) groups excluding carboxylic acids is 1. The first-order valence-electron chi connectivity index (χ1n) is 13.5. The zero-order valence-electron chi connectivity index (χ0n) is 22.3. The Balaban J connectivity index is 1.41. The summed E-state index contributed by atoms with van der Waals surface area (Å²) in [6.07, 6.45) is -3.00. The van der Waals surface area contributed by atoms with Gasteiger partial charge in [0.05, 0.1) is 26.4 Å². The third-order valence-corrected chi connectivity index (χ3v) is 6.78. The van der Waals surface area contributed by atoms with E-state index in [1.165, 1.54) is 0 Å². The Hall–Kier alpha value is -3.65. The lowest BCUT2D eigenvalue weighted by Gasteiger charge is -2.44. The summed E-state index contributed by atoms with van der Waals surface area (Å²) in [6.45, 7) is 1.23. The van der Waals surface area contributed by atoms with E-state index in [0.717, 1.165) is 28.5 Å². The van der Waals surface area contributed by atoms with Crippen molar-refractivity contribution in [2.45, 2.75) is 57.1 Å². The zero-order valence-corrected chi connectivity index (χ0v) is 22.3. The van der Waals surface area contributed by atoms with Crippen molar-refractivity contribution >= 4 is 6.29 Å². The molecule has 0 aromatic heterocycles. The number of aldehydes is 1. The van der Waals surface area contributed by atoms with Crippen LogP contribution in [0.5, 0.6) is 0 Å². The lowest BCUT2D eigenvalue weighted by molar-refractivity contribution is -0.317. The molecule has 5 atom stereocenters. The molecule has 5 rings (SSSR count). The molecule has 0 saturated carbocycles. The van der Waals surface area contributed by atoms with E-state index in [1.54, 1.807) is 0 Å². The van der Waals surface area contributed by atoms with E-state index >= 15 is 0 Å². The molecule has 1 heterocycles. The van der Waals surface area contributed by atoms with Gasteiger partial charge in [-0.05, 0) is 22.3 Å². The second kappa shape index (κ2) is 14.7. The second-order valence-corrected chi connectivity index (χ2v) is 9.69. The molecule has 0 radical (unpaired) electrons. The van der Waals surface area contributed by atoms with Crippen molar-refractivity contribution in [1.29, 1.82) is 0 Å². The Kier molecular flexibility index (Phi) is 10.2. The quantitative estimate of drug-likeness (QED) is 0.198. The minimum Gasteiger partial charge on any atom is -0.368 e. The zero-order chi connectivity index (χ0) is 27.4. The first kappa shape index (κ1) is 27.9. The summed E-state index contributed by atoms with van der Waals surface area (Å²) in [7, 11) is 0. The van der Waals surface area contributed by atoms with Crippen molar-refractivity contribution in [1.82, 2.24) is 0 Å². The molecule has 1 aliphatic heterocycles. The summed E-state index contributed by atoms with van der Waals surface area (Å²) in [4.78, 5) is 12.4. The van der Waals surface area contributed by atoms with E-state index in [1.807, 2.05) is 121 Å². The van der Waals surface area contributed by atoms with Crippen molar-refractivity contribution in [3.63, 3.8) is 0 Å². The third kappa shape index (κ3) is 7.72. The molecule has 206 valence electrons. The van der Waals surface area contributed by atoms with Crippen LogP contribution in [-0.4, -0.2) is 37.0 Å². The normalized spacial score (nSPS) is 22.6. The van der Waals surface area contributed by atoms with Crippen molar-refractivity contribution in [2.24, 2.45) is 0 Å². The van der Waals surface area contributed by atoms with Crippen LogP contribution in [0.1, 0.15) is 22.3 Å². The van der Waals surface area contributed by atoms with E-state index in [4.69, 9.17) is 23.7 Å². The molecule has 40 heavy (non-hydrogen) atoms. The van der Waals surface area contributed by atoms with Crippen LogP contribution in [-0.2, 0) is 54.9 Å². The first-order valence-corrected chi connectivity index (χ1v) is 13.5. The molecule has 0 aliphatic carbocycles. The minimum atomic E-state index is -0.901. The summed E-state index contributed by atoms with van der Waals surface area (Å²) in [6, 6.07) is 39.5. The number of hydrogen-bond acceptors (Lipinski definition) is 6. The molecule has 0 N–H and O–H groups in total. The van der Waals surface area contributed by atoms with Crippen LogP contribution in [0.3, 0.4) is 0 Å². The minimum absolute atomic E-state index is 0.295. The molecule has 1 aliphatic rings. The fourth-order valence-corrected chi connectivity index (χ4v) is 4.69. The lowest BCUT2D eigenvalue weighted by atomic mass is 9.98. The molecular weight excluding hydrogens is 504 g/mol. The standard InChI is InChI=1S/C34H34O6/c35-21-30-31(36-22-26-13-5-1-6-14-26)32(37-23-27-15-7-2-8-16-27)33(38-24-28-17-9-3-10-18-28)34(40-30)39-25-29-19-11-4-12-20-29/h1-21,30-34H,22-25H2/t30-,31-,32+,33+,34?/m1/s1. The van der Waals surface area contributed by atoms with Gasteiger partial charge < -0.3 is 28.5 Å². The number of ether oxygens (including phenoxy) is 5. The number of benzene rings is 4. The summed E-state index contributed by atoms with van der Waals surface area (Å²) in [5, 5.41) is 0. The highest BCUT2D eigenvalue weighted by molar-refractivity contribution is 5.57. The van der Waals surface area contributed by atoms with Gasteiger partial charge in [-0.3, -0.25) is 0 Å². The molecule has 4 aromatic rings. The number of hydrogen-bond donors (Lipinski definition) is 0. The van der Waals surface area contributed by atoms with Gasteiger partial charge in [-0.2, -0.15) is 0 Å². The Bertz CT molecular complexity index is 1270. The van der Waals surface area contributed by atoms with Crippen LogP contribution in [0.25, 0.3) is 0 Å². The molecule has 4 aromatic carbocycles. The first-order chi connectivity index (χ1) is 19.8. The van der Waals surface area contributed by atoms with Crippen LogP contribution in [0.4, 0.5) is 0 Å². The summed E-state index contributed by atoms with van der Waals surface area (Å²) in [5.74, 6) is 0. The van der Waals surface area contributed by atoms with Gasteiger partial charge >= 0.3 is 0 Å². The largest absolute Gasteiger partial charge is 0.368 e. The summed E-state index contributed by atoms with van der Waals surface area (Å²) < 4.78 is 31.8. The average Bonchev–Trinajstić information content (AvgIpc) is 3.03. The summed E-state index contributed by atoms with van der Waals surface area (Å²) >= 11 is 0.